The van der Waals surface area contributed by atoms with Crippen LogP contribution in [0.3, 0.4) is 0 Å². The first kappa shape index (κ1) is 12.1. The van der Waals surface area contributed by atoms with Gasteiger partial charge < -0.3 is 5.11 Å². The summed E-state index contributed by atoms with van der Waals surface area (Å²) in [5.41, 5.74) is 1.69. The average molecular weight is 224 g/mol. The summed E-state index contributed by atoms with van der Waals surface area (Å²) in [7, 11) is 0. The average Bonchev–Trinajstić information content (AvgIpc) is 2.25. The van der Waals surface area contributed by atoms with Crippen molar-refractivity contribution in [1.82, 2.24) is 0 Å². The highest BCUT2D eigenvalue weighted by molar-refractivity contribution is 7.98. The van der Waals surface area contributed by atoms with Crippen LogP contribution >= 0.6 is 11.8 Å². The molecule has 0 spiro atoms. The third-order valence-corrected chi connectivity index (χ3v) is 2.76. The van der Waals surface area contributed by atoms with E-state index in [0.29, 0.717) is 5.56 Å². The first-order valence-corrected chi connectivity index (χ1v) is 5.89. The van der Waals surface area contributed by atoms with Crippen LogP contribution in [0.5, 0.6) is 0 Å². The van der Waals surface area contributed by atoms with Crippen LogP contribution < -0.4 is 0 Å². The Morgan fingerprint density at radius 1 is 1.47 bits per heavy atom. The molecule has 1 N–H and O–H groups in total. The Morgan fingerprint density at radius 2 is 2.27 bits per heavy atom. The first-order chi connectivity index (χ1) is 7.27. The maximum Gasteiger partial charge on any atom is 0.124 e. The standard InChI is InChI=1S/C12H13FOS/c1-2-15-9-11-5-6-12(13)8-10(11)4-3-7-14/h5-6,8,14H,2,7,9H2,1H3. The minimum Gasteiger partial charge on any atom is -0.384 e. The van der Waals surface area contributed by atoms with E-state index in [1.807, 2.05) is 0 Å². The zero-order valence-electron chi connectivity index (χ0n) is 8.59. The summed E-state index contributed by atoms with van der Waals surface area (Å²) in [6, 6.07) is 4.60. The molecule has 0 saturated carbocycles. The van der Waals surface area contributed by atoms with E-state index < -0.39 is 0 Å². The zero-order valence-corrected chi connectivity index (χ0v) is 9.40. The second kappa shape index (κ2) is 6.49. The Bertz CT molecular complexity index is 379. The van der Waals surface area contributed by atoms with Crippen molar-refractivity contribution in [2.45, 2.75) is 12.7 Å². The molecule has 80 valence electrons. The van der Waals surface area contributed by atoms with Gasteiger partial charge in [0.15, 0.2) is 0 Å². The van der Waals surface area contributed by atoms with E-state index >= 15 is 0 Å². The van der Waals surface area contributed by atoms with Crippen LogP contribution in [0.2, 0.25) is 0 Å². The molecule has 0 aliphatic rings. The van der Waals surface area contributed by atoms with Crippen molar-refractivity contribution in [2.75, 3.05) is 12.4 Å². The molecule has 0 bridgehead atoms. The molecular formula is C12H13FOS. The fourth-order valence-corrected chi connectivity index (χ4v) is 1.81. The van der Waals surface area contributed by atoms with Crippen molar-refractivity contribution in [3.63, 3.8) is 0 Å². The number of thioether (sulfide) groups is 1. The maximum atomic E-state index is 13.0. The van der Waals surface area contributed by atoms with E-state index in [2.05, 4.69) is 18.8 Å². The van der Waals surface area contributed by atoms with Crippen molar-refractivity contribution >= 4 is 11.8 Å². The lowest BCUT2D eigenvalue weighted by molar-refractivity contribution is 0.350. The molecule has 0 saturated heterocycles. The number of rotatable bonds is 3. The SMILES string of the molecule is CCSCc1ccc(F)cc1C#CCO. The summed E-state index contributed by atoms with van der Waals surface area (Å²) in [4.78, 5) is 0. The summed E-state index contributed by atoms with van der Waals surface area (Å²) >= 11 is 1.76. The lowest BCUT2D eigenvalue weighted by Gasteiger charge is -2.03. The van der Waals surface area contributed by atoms with Crippen molar-refractivity contribution in [3.8, 4) is 11.8 Å². The number of aliphatic hydroxyl groups is 1. The highest BCUT2D eigenvalue weighted by Crippen LogP contribution is 2.17. The molecule has 1 rings (SSSR count). The van der Waals surface area contributed by atoms with Gasteiger partial charge in [0, 0.05) is 11.3 Å². The molecule has 0 heterocycles. The molecular weight excluding hydrogens is 211 g/mol. The van der Waals surface area contributed by atoms with Gasteiger partial charge in [-0.3, -0.25) is 0 Å². The number of aliphatic hydroxyl groups excluding tert-OH is 1. The number of halogens is 1. The number of benzene rings is 1. The molecule has 1 aromatic carbocycles. The first-order valence-electron chi connectivity index (χ1n) is 4.73. The molecule has 1 aromatic rings. The van der Waals surface area contributed by atoms with Gasteiger partial charge in [0.2, 0.25) is 0 Å². The zero-order chi connectivity index (χ0) is 11.1. The number of hydrogen-bond acceptors (Lipinski definition) is 2. The normalized spacial score (nSPS) is 9.53. The second-order valence-corrected chi connectivity index (χ2v) is 4.17. The summed E-state index contributed by atoms with van der Waals surface area (Å²) in [5, 5.41) is 8.59. The molecule has 3 heteroatoms. The molecule has 0 unspecified atom stereocenters. The third kappa shape index (κ3) is 3.94. The van der Waals surface area contributed by atoms with E-state index in [1.165, 1.54) is 12.1 Å². The van der Waals surface area contributed by atoms with Crippen LogP contribution in [0.1, 0.15) is 18.1 Å². The Morgan fingerprint density at radius 3 is 2.93 bits per heavy atom. The van der Waals surface area contributed by atoms with Crippen LogP contribution in [-0.4, -0.2) is 17.5 Å². The molecule has 0 atom stereocenters. The monoisotopic (exact) mass is 224 g/mol. The maximum absolute atomic E-state index is 13.0. The smallest absolute Gasteiger partial charge is 0.124 e. The topological polar surface area (TPSA) is 20.2 Å². The second-order valence-electron chi connectivity index (χ2n) is 2.90. The van der Waals surface area contributed by atoms with E-state index in [9.17, 15) is 4.39 Å². The molecule has 1 nitrogen and oxygen atoms in total. The highest BCUT2D eigenvalue weighted by atomic mass is 32.2. The Labute approximate surface area is 93.7 Å². The minimum atomic E-state index is -0.289. The van der Waals surface area contributed by atoms with Crippen LogP contribution in [-0.2, 0) is 5.75 Å². The van der Waals surface area contributed by atoms with Crippen molar-refractivity contribution in [3.05, 3.63) is 35.1 Å². The molecule has 0 fully saturated rings. The Hall–Kier alpha value is -0.980. The van der Waals surface area contributed by atoms with Crippen LogP contribution in [0, 0.1) is 17.7 Å². The quantitative estimate of drug-likeness (QED) is 0.796. The van der Waals surface area contributed by atoms with Crippen LogP contribution in [0.25, 0.3) is 0 Å². The summed E-state index contributed by atoms with van der Waals surface area (Å²) < 4.78 is 13.0. The van der Waals surface area contributed by atoms with Crippen molar-refractivity contribution < 1.29 is 9.50 Å². The molecule has 0 aliphatic carbocycles. The predicted octanol–water partition coefficient (Wildman–Crippen LogP) is 2.42. The van der Waals surface area contributed by atoms with Gasteiger partial charge in [-0.25, -0.2) is 4.39 Å². The van der Waals surface area contributed by atoms with Gasteiger partial charge >= 0.3 is 0 Å². The van der Waals surface area contributed by atoms with Gasteiger partial charge in [-0.2, -0.15) is 11.8 Å². The van der Waals surface area contributed by atoms with Crippen LogP contribution in [0.15, 0.2) is 18.2 Å². The van der Waals surface area contributed by atoms with Gasteiger partial charge in [-0.1, -0.05) is 24.8 Å². The third-order valence-electron chi connectivity index (χ3n) is 1.84. The molecule has 0 aliphatic heterocycles. The lowest BCUT2D eigenvalue weighted by Crippen LogP contribution is -1.90. The Balaban J connectivity index is 2.92. The summed E-state index contributed by atoms with van der Waals surface area (Å²) in [6.07, 6.45) is 0. The number of hydrogen-bond donors (Lipinski definition) is 1. The molecule has 15 heavy (non-hydrogen) atoms. The van der Waals surface area contributed by atoms with E-state index in [1.54, 1.807) is 17.8 Å². The molecule has 0 radical (unpaired) electrons. The minimum absolute atomic E-state index is 0.198. The lowest BCUT2D eigenvalue weighted by atomic mass is 10.1. The molecule has 0 amide bonds. The van der Waals surface area contributed by atoms with Gasteiger partial charge in [0.05, 0.1) is 0 Å². The fraction of sp³-hybridized carbons (Fsp3) is 0.333. The molecule has 0 aromatic heterocycles. The highest BCUT2D eigenvalue weighted by Gasteiger charge is 2.01. The fourth-order valence-electron chi connectivity index (χ4n) is 1.14. The largest absolute Gasteiger partial charge is 0.384 e. The summed E-state index contributed by atoms with van der Waals surface area (Å²) in [6.45, 7) is 1.88. The van der Waals surface area contributed by atoms with Crippen molar-refractivity contribution in [2.24, 2.45) is 0 Å². The summed E-state index contributed by atoms with van der Waals surface area (Å²) in [5.74, 6) is 6.85. The van der Waals surface area contributed by atoms with Gasteiger partial charge in [-0.15, -0.1) is 0 Å². The van der Waals surface area contributed by atoms with Crippen LogP contribution in [0.4, 0.5) is 4.39 Å². The van der Waals surface area contributed by atoms with E-state index in [0.717, 1.165) is 17.1 Å². The predicted molar refractivity (Wildman–Crippen MR) is 62.2 cm³/mol. The van der Waals surface area contributed by atoms with Gasteiger partial charge in [0.1, 0.15) is 12.4 Å². The van der Waals surface area contributed by atoms with Gasteiger partial charge in [0.25, 0.3) is 0 Å². The van der Waals surface area contributed by atoms with Gasteiger partial charge in [-0.05, 0) is 23.4 Å². The van der Waals surface area contributed by atoms with Crippen molar-refractivity contribution in [1.29, 1.82) is 0 Å². The van der Waals surface area contributed by atoms with E-state index in [4.69, 9.17) is 5.11 Å². The van der Waals surface area contributed by atoms with E-state index in [-0.39, 0.29) is 12.4 Å². The Kier molecular flexibility index (Phi) is 5.23.